The van der Waals surface area contributed by atoms with Crippen molar-refractivity contribution in [3.8, 4) is 0 Å². The summed E-state index contributed by atoms with van der Waals surface area (Å²) in [7, 11) is 0. The molecule has 0 fully saturated rings. The maximum Gasteiger partial charge on any atom is 0.137 e. The number of nitrogens with two attached hydrogens (primary N) is 1. The van der Waals surface area contributed by atoms with Crippen LogP contribution in [-0.4, -0.2) is 16.0 Å². The molecule has 1 aliphatic heterocycles. The summed E-state index contributed by atoms with van der Waals surface area (Å²) in [6.07, 6.45) is 2.96. The van der Waals surface area contributed by atoms with Crippen molar-refractivity contribution < 1.29 is 4.74 Å². The highest BCUT2D eigenvalue weighted by molar-refractivity contribution is 5.45. The first-order valence-electron chi connectivity index (χ1n) is 5.15. The molecule has 3 heterocycles. The molecular weight excluding hydrogens is 190 g/mol. The molecule has 0 saturated carbocycles. The van der Waals surface area contributed by atoms with Crippen molar-refractivity contribution >= 4 is 5.65 Å². The fourth-order valence-corrected chi connectivity index (χ4v) is 2.00. The van der Waals surface area contributed by atoms with Crippen LogP contribution in [0.3, 0.4) is 0 Å². The largest absolute Gasteiger partial charge is 0.375 e. The van der Waals surface area contributed by atoms with E-state index < -0.39 is 0 Å². The Kier molecular flexibility index (Phi) is 1.97. The van der Waals surface area contributed by atoms with E-state index in [1.807, 2.05) is 12.1 Å². The second-order valence-corrected chi connectivity index (χ2v) is 3.78. The number of pyridine rings is 1. The first kappa shape index (κ1) is 8.88. The molecule has 0 aliphatic carbocycles. The molecule has 0 atom stereocenters. The van der Waals surface area contributed by atoms with Gasteiger partial charge in [0.1, 0.15) is 5.65 Å². The minimum absolute atomic E-state index is 0.559. The molecule has 4 nitrogen and oxygen atoms in total. The topological polar surface area (TPSA) is 52.5 Å². The van der Waals surface area contributed by atoms with E-state index in [0.717, 1.165) is 29.9 Å². The quantitative estimate of drug-likeness (QED) is 0.748. The zero-order chi connectivity index (χ0) is 10.3. The van der Waals surface area contributed by atoms with E-state index in [0.29, 0.717) is 13.2 Å². The first-order valence-corrected chi connectivity index (χ1v) is 5.15. The zero-order valence-electron chi connectivity index (χ0n) is 8.44. The molecule has 0 radical (unpaired) electrons. The Labute approximate surface area is 87.7 Å². The van der Waals surface area contributed by atoms with Gasteiger partial charge in [-0.1, -0.05) is 6.07 Å². The summed E-state index contributed by atoms with van der Waals surface area (Å²) in [6.45, 7) is 1.99. The smallest absolute Gasteiger partial charge is 0.137 e. The fraction of sp³-hybridized carbons (Fsp3) is 0.364. The third-order valence-electron chi connectivity index (χ3n) is 2.82. The number of nitrogens with zero attached hydrogens (tertiary/aromatic N) is 2. The van der Waals surface area contributed by atoms with Gasteiger partial charge >= 0.3 is 0 Å². The highest BCUT2D eigenvalue weighted by Gasteiger charge is 2.16. The number of imidazole rings is 1. The monoisotopic (exact) mass is 203 g/mol. The Balaban J connectivity index is 2.24. The molecule has 2 aromatic heterocycles. The van der Waals surface area contributed by atoms with E-state index in [4.69, 9.17) is 10.5 Å². The number of aromatic nitrogens is 2. The summed E-state index contributed by atoms with van der Waals surface area (Å²) in [4.78, 5) is 4.57. The maximum atomic E-state index is 5.62. The van der Waals surface area contributed by atoms with Gasteiger partial charge in [0, 0.05) is 19.2 Å². The van der Waals surface area contributed by atoms with E-state index in [1.165, 1.54) is 5.69 Å². The van der Waals surface area contributed by atoms with E-state index in [-0.39, 0.29) is 0 Å². The van der Waals surface area contributed by atoms with Crippen LogP contribution in [0.25, 0.3) is 5.65 Å². The van der Waals surface area contributed by atoms with Crippen molar-refractivity contribution in [2.45, 2.75) is 19.6 Å². The normalized spacial score (nSPS) is 15.5. The highest BCUT2D eigenvalue weighted by Crippen LogP contribution is 2.19. The van der Waals surface area contributed by atoms with Gasteiger partial charge in [0.15, 0.2) is 0 Å². The Hall–Kier alpha value is -1.39. The lowest BCUT2D eigenvalue weighted by molar-refractivity contribution is 0.106. The maximum absolute atomic E-state index is 5.62. The summed E-state index contributed by atoms with van der Waals surface area (Å²) in [6, 6.07) is 4.04. The molecule has 2 aromatic rings. The number of rotatable bonds is 1. The van der Waals surface area contributed by atoms with Gasteiger partial charge in [0.25, 0.3) is 0 Å². The first-order chi connectivity index (χ1) is 7.38. The molecule has 1 aliphatic rings. The highest BCUT2D eigenvalue weighted by atomic mass is 16.5. The van der Waals surface area contributed by atoms with Crippen LogP contribution in [0.15, 0.2) is 18.3 Å². The van der Waals surface area contributed by atoms with Crippen molar-refractivity contribution in [2.75, 3.05) is 6.61 Å². The van der Waals surface area contributed by atoms with Gasteiger partial charge in [-0.3, -0.25) is 0 Å². The van der Waals surface area contributed by atoms with Crippen LogP contribution in [0, 0.1) is 0 Å². The molecule has 15 heavy (non-hydrogen) atoms. The predicted octanol–water partition coefficient (Wildman–Crippen LogP) is 0.866. The van der Waals surface area contributed by atoms with E-state index in [2.05, 4.69) is 15.6 Å². The minimum atomic E-state index is 0.559. The van der Waals surface area contributed by atoms with Crippen molar-refractivity contribution in [3.63, 3.8) is 0 Å². The lowest BCUT2D eigenvalue weighted by atomic mass is 10.2. The van der Waals surface area contributed by atoms with Gasteiger partial charge in [-0.25, -0.2) is 4.98 Å². The Bertz CT molecular complexity index is 504. The molecule has 4 heteroatoms. The number of fused-ring (bicyclic) bond motifs is 3. The minimum Gasteiger partial charge on any atom is -0.375 e. The molecule has 78 valence electrons. The third-order valence-corrected chi connectivity index (χ3v) is 2.82. The number of hydrogen-bond donors (Lipinski definition) is 1. The van der Waals surface area contributed by atoms with Gasteiger partial charge in [-0.2, -0.15) is 0 Å². The van der Waals surface area contributed by atoms with Crippen molar-refractivity contribution in [2.24, 2.45) is 5.73 Å². The van der Waals surface area contributed by atoms with Crippen molar-refractivity contribution in [1.29, 1.82) is 0 Å². The molecule has 0 saturated heterocycles. The van der Waals surface area contributed by atoms with Crippen LogP contribution in [0.2, 0.25) is 0 Å². The van der Waals surface area contributed by atoms with Crippen LogP contribution >= 0.6 is 0 Å². The molecule has 3 rings (SSSR count). The van der Waals surface area contributed by atoms with E-state index in [9.17, 15) is 0 Å². The third kappa shape index (κ3) is 1.33. The summed E-state index contributed by atoms with van der Waals surface area (Å²) in [5.74, 6) is 0. The summed E-state index contributed by atoms with van der Waals surface area (Å²) in [5.41, 5.74) is 10.1. The molecule has 0 unspecified atom stereocenters. The molecule has 2 N–H and O–H groups in total. The molecule has 0 aromatic carbocycles. The van der Waals surface area contributed by atoms with Crippen LogP contribution in [0.5, 0.6) is 0 Å². The van der Waals surface area contributed by atoms with Gasteiger partial charge in [-0.05, 0) is 11.6 Å². The molecule has 0 amide bonds. The number of ether oxygens (including phenoxy) is 1. The summed E-state index contributed by atoms with van der Waals surface area (Å²) in [5, 5.41) is 0. The Morgan fingerprint density at radius 1 is 1.47 bits per heavy atom. The molecule has 0 spiro atoms. The number of hydrogen-bond acceptors (Lipinski definition) is 3. The second-order valence-electron chi connectivity index (χ2n) is 3.78. The standard InChI is InChI=1S/C11H13N3O/c12-5-8-1-2-11-13-9-3-4-15-7-10(9)14(11)6-8/h1-2,6H,3-5,7,12H2. The van der Waals surface area contributed by atoms with Crippen molar-refractivity contribution in [3.05, 3.63) is 35.3 Å². The molecule has 0 bridgehead atoms. The SMILES string of the molecule is NCc1ccc2nc3c(n2c1)COCC3. The Morgan fingerprint density at radius 3 is 3.27 bits per heavy atom. The average molecular weight is 203 g/mol. The van der Waals surface area contributed by atoms with E-state index in [1.54, 1.807) is 0 Å². The van der Waals surface area contributed by atoms with Crippen LogP contribution in [0.1, 0.15) is 17.0 Å². The zero-order valence-corrected chi connectivity index (χ0v) is 8.44. The van der Waals surface area contributed by atoms with Crippen LogP contribution < -0.4 is 5.73 Å². The van der Waals surface area contributed by atoms with Gasteiger partial charge in [0.05, 0.1) is 24.6 Å². The lowest BCUT2D eigenvalue weighted by Gasteiger charge is -2.11. The van der Waals surface area contributed by atoms with Gasteiger partial charge in [0.2, 0.25) is 0 Å². The second kappa shape index (κ2) is 3.32. The summed E-state index contributed by atoms with van der Waals surface area (Å²) < 4.78 is 7.54. The van der Waals surface area contributed by atoms with Crippen molar-refractivity contribution in [1.82, 2.24) is 9.38 Å². The summed E-state index contributed by atoms with van der Waals surface area (Å²) >= 11 is 0. The van der Waals surface area contributed by atoms with Gasteiger partial charge < -0.3 is 14.9 Å². The average Bonchev–Trinajstić information content (AvgIpc) is 2.66. The fourth-order valence-electron chi connectivity index (χ4n) is 2.00. The van der Waals surface area contributed by atoms with Crippen LogP contribution in [-0.2, 0) is 24.3 Å². The van der Waals surface area contributed by atoms with E-state index >= 15 is 0 Å². The van der Waals surface area contributed by atoms with Crippen LogP contribution in [0.4, 0.5) is 0 Å². The lowest BCUT2D eigenvalue weighted by Crippen LogP contribution is -2.10. The predicted molar refractivity (Wildman–Crippen MR) is 56.4 cm³/mol. The van der Waals surface area contributed by atoms with Gasteiger partial charge in [-0.15, -0.1) is 0 Å². The molecular formula is C11H13N3O. The Morgan fingerprint density at radius 2 is 2.40 bits per heavy atom.